The Balaban J connectivity index is 2.62. The summed E-state index contributed by atoms with van der Waals surface area (Å²) in [5.41, 5.74) is 0. The minimum absolute atomic E-state index is 0.222. The Morgan fingerprint density at radius 3 is 2.33 bits per heavy atom. The molecule has 3 nitrogen and oxygen atoms in total. The lowest BCUT2D eigenvalue weighted by Crippen LogP contribution is -2.32. The molecule has 0 bridgehead atoms. The van der Waals surface area contributed by atoms with Crippen molar-refractivity contribution in [1.82, 2.24) is 4.31 Å². The molecule has 0 saturated carbocycles. The Hall–Kier alpha value is -0.620. The van der Waals surface area contributed by atoms with E-state index in [1.165, 1.54) is 11.3 Å². The predicted octanol–water partition coefficient (Wildman–Crippen LogP) is 4.45. The summed E-state index contributed by atoms with van der Waals surface area (Å²) in [7, 11) is -3.49. The van der Waals surface area contributed by atoms with Crippen LogP contribution in [0.5, 0.6) is 0 Å². The molecule has 0 radical (unpaired) electrons. The van der Waals surface area contributed by atoms with Crippen LogP contribution >= 0.6 is 22.9 Å². The van der Waals surface area contributed by atoms with E-state index < -0.39 is 10.0 Å². The van der Waals surface area contributed by atoms with Gasteiger partial charge in [-0.15, -0.1) is 22.9 Å². The number of thiophene rings is 1. The van der Waals surface area contributed by atoms with Gasteiger partial charge >= 0.3 is 0 Å². The van der Waals surface area contributed by atoms with E-state index in [4.69, 9.17) is 11.6 Å². The van der Waals surface area contributed by atoms with Crippen LogP contribution < -0.4 is 0 Å². The summed E-state index contributed by atoms with van der Waals surface area (Å²) in [4.78, 5) is 1.13. The van der Waals surface area contributed by atoms with E-state index in [1.807, 2.05) is 38.1 Å². The summed E-state index contributed by atoms with van der Waals surface area (Å²) in [5.74, 6) is 0.222. The van der Waals surface area contributed by atoms with Crippen LogP contribution in [0.3, 0.4) is 0 Å². The van der Waals surface area contributed by atoms with Gasteiger partial charge in [0.1, 0.15) is 4.90 Å². The standard InChI is InChI=1S/C15H20ClNO2S2/c1-3-9-17(10-4-2)21(18,19)15-12-7-5-6-8-13(12)20-14(15)11-16/h5-8H,3-4,9-11H2,1-2H3. The van der Waals surface area contributed by atoms with Crippen molar-refractivity contribution < 1.29 is 8.42 Å². The van der Waals surface area contributed by atoms with Crippen LogP contribution in [0.1, 0.15) is 31.6 Å². The van der Waals surface area contributed by atoms with Gasteiger partial charge in [-0.25, -0.2) is 8.42 Å². The number of hydrogen-bond acceptors (Lipinski definition) is 3. The fraction of sp³-hybridized carbons (Fsp3) is 0.467. The topological polar surface area (TPSA) is 37.4 Å². The molecule has 1 aromatic heterocycles. The maximum Gasteiger partial charge on any atom is 0.244 e. The minimum atomic E-state index is -3.49. The van der Waals surface area contributed by atoms with E-state index in [0.29, 0.717) is 18.0 Å². The Morgan fingerprint density at radius 1 is 1.14 bits per heavy atom. The second kappa shape index (κ2) is 7.09. The highest BCUT2D eigenvalue weighted by atomic mass is 35.5. The van der Waals surface area contributed by atoms with E-state index in [9.17, 15) is 8.42 Å². The van der Waals surface area contributed by atoms with Gasteiger partial charge in [0.25, 0.3) is 0 Å². The lowest BCUT2D eigenvalue weighted by molar-refractivity contribution is 0.410. The largest absolute Gasteiger partial charge is 0.244 e. The molecule has 0 N–H and O–H groups in total. The maximum atomic E-state index is 13.0. The molecule has 116 valence electrons. The van der Waals surface area contributed by atoms with Crippen LogP contribution in [0.2, 0.25) is 0 Å². The SMILES string of the molecule is CCCN(CCC)S(=O)(=O)c1c(CCl)sc2ccccc12. The van der Waals surface area contributed by atoms with E-state index in [0.717, 1.165) is 27.8 Å². The third-order valence-corrected chi connectivity index (χ3v) is 7.04. The molecule has 1 heterocycles. The summed E-state index contributed by atoms with van der Waals surface area (Å²) in [6, 6.07) is 7.60. The first kappa shape index (κ1) is 16.7. The van der Waals surface area contributed by atoms with Crippen molar-refractivity contribution in [2.45, 2.75) is 37.5 Å². The second-order valence-electron chi connectivity index (χ2n) is 4.89. The number of fused-ring (bicyclic) bond motifs is 1. The molecular weight excluding hydrogens is 326 g/mol. The molecule has 0 aliphatic heterocycles. The van der Waals surface area contributed by atoms with Gasteiger partial charge in [0, 0.05) is 28.1 Å². The number of rotatable bonds is 7. The molecule has 0 saturated heterocycles. The highest BCUT2D eigenvalue weighted by Gasteiger charge is 2.29. The van der Waals surface area contributed by atoms with E-state index in [1.54, 1.807) is 4.31 Å². The van der Waals surface area contributed by atoms with Crippen LogP contribution in [0.4, 0.5) is 0 Å². The molecule has 2 aromatic rings. The van der Waals surface area contributed by atoms with Gasteiger partial charge in [-0.2, -0.15) is 4.31 Å². The molecule has 6 heteroatoms. The number of benzene rings is 1. The number of nitrogens with zero attached hydrogens (tertiary/aromatic N) is 1. The van der Waals surface area contributed by atoms with Crippen molar-refractivity contribution in [3.63, 3.8) is 0 Å². The summed E-state index contributed by atoms with van der Waals surface area (Å²) in [6.07, 6.45) is 1.61. The molecular formula is C15H20ClNO2S2. The predicted molar refractivity (Wildman–Crippen MR) is 90.7 cm³/mol. The third kappa shape index (κ3) is 3.26. The second-order valence-corrected chi connectivity index (χ2v) is 8.17. The molecule has 21 heavy (non-hydrogen) atoms. The molecule has 0 fully saturated rings. The van der Waals surface area contributed by atoms with E-state index in [2.05, 4.69) is 0 Å². The van der Waals surface area contributed by atoms with Gasteiger partial charge in [0.15, 0.2) is 0 Å². The highest BCUT2D eigenvalue weighted by Crippen LogP contribution is 2.37. The van der Waals surface area contributed by atoms with Gasteiger partial charge in [-0.3, -0.25) is 0 Å². The fourth-order valence-corrected chi connectivity index (χ4v) is 6.17. The Morgan fingerprint density at radius 2 is 1.76 bits per heavy atom. The van der Waals surface area contributed by atoms with Crippen molar-refractivity contribution in [3.8, 4) is 0 Å². The highest BCUT2D eigenvalue weighted by molar-refractivity contribution is 7.89. The van der Waals surface area contributed by atoms with Gasteiger partial charge in [0.2, 0.25) is 10.0 Å². The molecule has 0 spiro atoms. The first-order valence-corrected chi connectivity index (χ1v) is 9.91. The average Bonchev–Trinajstić information content (AvgIpc) is 2.86. The zero-order chi connectivity index (χ0) is 15.5. The first-order chi connectivity index (χ1) is 10.1. The van der Waals surface area contributed by atoms with Crippen molar-refractivity contribution in [2.24, 2.45) is 0 Å². The van der Waals surface area contributed by atoms with Gasteiger partial charge in [0.05, 0.1) is 5.88 Å². The van der Waals surface area contributed by atoms with Crippen LogP contribution in [0.15, 0.2) is 29.2 Å². The quantitative estimate of drug-likeness (QED) is 0.695. The zero-order valence-electron chi connectivity index (χ0n) is 12.3. The normalized spacial score (nSPS) is 12.4. The smallest absolute Gasteiger partial charge is 0.207 e. The van der Waals surface area contributed by atoms with Crippen LogP contribution in [0.25, 0.3) is 10.1 Å². The number of sulfonamides is 1. The van der Waals surface area contributed by atoms with Gasteiger partial charge < -0.3 is 0 Å². The van der Waals surface area contributed by atoms with E-state index >= 15 is 0 Å². The summed E-state index contributed by atoms with van der Waals surface area (Å²) >= 11 is 7.46. The first-order valence-electron chi connectivity index (χ1n) is 7.12. The molecule has 0 amide bonds. The molecule has 1 aromatic carbocycles. The Kier molecular flexibility index (Phi) is 5.66. The van der Waals surface area contributed by atoms with Crippen LogP contribution in [-0.4, -0.2) is 25.8 Å². The van der Waals surface area contributed by atoms with Crippen LogP contribution in [0, 0.1) is 0 Å². The lowest BCUT2D eigenvalue weighted by atomic mass is 10.2. The maximum absolute atomic E-state index is 13.0. The summed E-state index contributed by atoms with van der Waals surface area (Å²) in [6.45, 7) is 5.07. The molecule has 0 aliphatic rings. The van der Waals surface area contributed by atoms with Crippen molar-refractivity contribution in [3.05, 3.63) is 29.1 Å². The summed E-state index contributed by atoms with van der Waals surface area (Å²) < 4.78 is 28.6. The van der Waals surface area contributed by atoms with Crippen molar-refractivity contribution >= 4 is 43.0 Å². The average molecular weight is 346 g/mol. The van der Waals surface area contributed by atoms with Gasteiger partial charge in [-0.05, 0) is 18.9 Å². The minimum Gasteiger partial charge on any atom is -0.207 e. The third-order valence-electron chi connectivity index (χ3n) is 3.28. The van der Waals surface area contributed by atoms with E-state index in [-0.39, 0.29) is 5.88 Å². The number of hydrogen-bond donors (Lipinski definition) is 0. The van der Waals surface area contributed by atoms with Crippen molar-refractivity contribution in [1.29, 1.82) is 0 Å². The molecule has 0 aliphatic carbocycles. The summed E-state index contributed by atoms with van der Waals surface area (Å²) in [5, 5.41) is 0.787. The van der Waals surface area contributed by atoms with Gasteiger partial charge in [-0.1, -0.05) is 32.0 Å². The Labute approximate surface area is 135 Å². The molecule has 0 unspecified atom stereocenters. The molecule has 2 rings (SSSR count). The lowest BCUT2D eigenvalue weighted by Gasteiger charge is -2.21. The zero-order valence-corrected chi connectivity index (χ0v) is 14.7. The Bertz CT molecular complexity index is 704. The fourth-order valence-electron chi connectivity index (χ4n) is 2.42. The molecule has 0 atom stereocenters. The van der Waals surface area contributed by atoms with Crippen molar-refractivity contribution in [2.75, 3.05) is 13.1 Å². The number of alkyl halides is 1. The number of halogens is 1. The monoisotopic (exact) mass is 345 g/mol. The van der Waals surface area contributed by atoms with Crippen LogP contribution in [-0.2, 0) is 15.9 Å².